The number of carbonyl (C=O) groups excluding carboxylic acids is 1. The average molecular weight is 298 g/mol. The molecule has 0 fully saturated rings. The third kappa shape index (κ3) is 3.87. The van der Waals surface area contributed by atoms with Crippen molar-refractivity contribution in [1.82, 2.24) is 5.32 Å². The number of nitrogens with two attached hydrogens (primary N) is 1. The first-order valence-electron chi connectivity index (χ1n) is 6.51. The van der Waals surface area contributed by atoms with Gasteiger partial charge in [0, 0.05) is 5.02 Å². The van der Waals surface area contributed by atoms with E-state index in [1.54, 1.807) is 18.2 Å². The Bertz CT molecular complexity index is 499. The molecule has 6 heteroatoms. The molecule has 0 aliphatic rings. The lowest BCUT2D eigenvalue weighted by molar-refractivity contribution is -0.121. The first-order chi connectivity index (χ1) is 9.47. The largest absolute Gasteiger partial charge is 0.409 e. The first kappa shape index (κ1) is 16.3. The van der Waals surface area contributed by atoms with Crippen LogP contribution in [0.25, 0.3) is 0 Å². The summed E-state index contributed by atoms with van der Waals surface area (Å²) in [7, 11) is 0. The molecular formula is C14H20ClN3O2. The van der Waals surface area contributed by atoms with Gasteiger partial charge in [0.1, 0.15) is 5.54 Å². The summed E-state index contributed by atoms with van der Waals surface area (Å²) in [5.74, 6) is -0.176. The molecule has 0 aliphatic carbocycles. The molecule has 0 saturated heterocycles. The Balaban J connectivity index is 2.82. The lowest BCUT2D eigenvalue weighted by Crippen LogP contribution is -2.57. The molecule has 0 heterocycles. The zero-order valence-corrected chi connectivity index (χ0v) is 12.4. The molecule has 110 valence electrons. The highest BCUT2D eigenvalue weighted by molar-refractivity contribution is 6.30. The van der Waals surface area contributed by atoms with Crippen molar-refractivity contribution in [2.75, 3.05) is 0 Å². The van der Waals surface area contributed by atoms with E-state index in [2.05, 4.69) is 10.5 Å². The molecule has 1 aromatic rings. The van der Waals surface area contributed by atoms with Crippen molar-refractivity contribution < 1.29 is 10.0 Å². The number of benzene rings is 1. The van der Waals surface area contributed by atoms with Crippen LogP contribution in [0.3, 0.4) is 0 Å². The molecule has 0 aromatic heterocycles. The summed E-state index contributed by atoms with van der Waals surface area (Å²) in [5, 5.41) is 15.3. The van der Waals surface area contributed by atoms with E-state index in [4.69, 9.17) is 22.5 Å². The number of amidine groups is 1. The molecule has 1 rings (SSSR count). The summed E-state index contributed by atoms with van der Waals surface area (Å²) in [5.41, 5.74) is 5.70. The zero-order chi connectivity index (χ0) is 15.2. The van der Waals surface area contributed by atoms with Crippen LogP contribution in [0.15, 0.2) is 29.4 Å². The van der Waals surface area contributed by atoms with Crippen molar-refractivity contribution in [2.45, 2.75) is 38.6 Å². The number of hydrogen-bond donors (Lipinski definition) is 3. The van der Waals surface area contributed by atoms with E-state index >= 15 is 0 Å². The van der Waals surface area contributed by atoms with Gasteiger partial charge in [-0.2, -0.15) is 0 Å². The van der Waals surface area contributed by atoms with E-state index in [1.165, 1.54) is 0 Å². The van der Waals surface area contributed by atoms with Crippen molar-refractivity contribution in [3.05, 3.63) is 34.9 Å². The Labute approximate surface area is 123 Å². The fourth-order valence-corrected chi connectivity index (χ4v) is 2.31. The summed E-state index contributed by atoms with van der Waals surface area (Å²) in [6, 6.07) is 7.11. The number of rotatable bonds is 6. The molecule has 0 aliphatic heterocycles. The van der Waals surface area contributed by atoms with Crippen LogP contribution in [-0.4, -0.2) is 22.5 Å². The fraction of sp³-hybridized carbons (Fsp3) is 0.429. The summed E-state index contributed by atoms with van der Waals surface area (Å²) < 4.78 is 0. The summed E-state index contributed by atoms with van der Waals surface area (Å²) in [4.78, 5) is 12.1. The molecule has 20 heavy (non-hydrogen) atoms. The number of halogens is 1. The topological polar surface area (TPSA) is 87.7 Å². The number of nitrogens with one attached hydrogen (secondary N) is 1. The van der Waals surface area contributed by atoms with Crippen molar-refractivity contribution in [2.24, 2.45) is 10.9 Å². The van der Waals surface area contributed by atoms with E-state index in [9.17, 15) is 4.79 Å². The SMILES string of the molecule is CCC(CC)(NC(=O)Cc1cccc(Cl)c1)C(N)=NO. The van der Waals surface area contributed by atoms with Gasteiger partial charge in [0.2, 0.25) is 5.91 Å². The number of carbonyl (C=O) groups is 1. The van der Waals surface area contributed by atoms with Crippen LogP contribution >= 0.6 is 11.6 Å². The predicted octanol–water partition coefficient (Wildman–Crippen LogP) is 2.30. The van der Waals surface area contributed by atoms with Crippen molar-refractivity contribution >= 4 is 23.3 Å². The maximum Gasteiger partial charge on any atom is 0.225 e. The van der Waals surface area contributed by atoms with Gasteiger partial charge in [-0.1, -0.05) is 42.7 Å². The summed E-state index contributed by atoms with van der Waals surface area (Å²) in [6.45, 7) is 3.75. The Morgan fingerprint density at radius 3 is 2.60 bits per heavy atom. The van der Waals surface area contributed by atoms with Gasteiger partial charge in [0.05, 0.1) is 6.42 Å². The van der Waals surface area contributed by atoms with Crippen LogP contribution in [0.5, 0.6) is 0 Å². The van der Waals surface area contributed by atoms with Crippen LogP contribution < -0.4 is 11.1 Å². The summed E-state index contributed by atoms with van der Waals surface area (Å²) in [6.07, 6.45) is 1.28. The molecular weight excluding hydrogens is 278 g/mol. The first-order valence-corrected chi connectivity index (χ1v) is 6.88. The molecule has 0 spiro atoms. The standard InChI is InChI=1S/C14H20ClN3O2/c1-3-14(4-2,13(16)18-20)17-12(19)9-10-6-5-7-11(15)8-10/h5-8,20H,3-4,9H2,1-2H3,(H2,16,18)(H,17,19). The van der Waals surface area contributed by atoms with Gasteiger partial charge in [0.25, 0.3) is 0 Å². The third-order valence-electron chi connectivity index (χ3n) is 3.44. The normalized spacial score (nSPS) is 12.2. The average Bonchev–Trinajstić information content (AvgIpc) is 2.44. The summed E-state index contributed by atoms with van der Waals surface area (Å²) >= 11 is 5.88. The number of hydrogen-bond acceptors (Lipinski definition) is 3. The molecule has 0 saturated carbocycles. The molecule has 0 unspecified atom stereocenters. The van der Waals surface area contributed by atoms with E-state index in [0.29, 0.717) is 17.9 Å². The van der Waals surface area contributed by atoms with E-state index in [0.717, 1.165) is 5.56 Å². The minimum atomic E-state index is -0.815. The minimum Gasteiger partial charge on any atom is -0.409 e. The second kappa shape index (κ2) is 7.14. The number of nitrogens with zero attached hydrogens (tertiary/aromatic N) is 1. The lowest BCUT2D eigenvalue weighted by atomic mass is 9.91. The minimum absolute atomic E-state index is 0.0157. The van der Waals surface area contributed by atoms with Gasteiger partial charge >= 0.3 is 0 Å². The lowest BCUT2D eigenvalue weighted by Gasteiger charge is -2.31. The highest BCUT2D eigenvalue weighted by atomic mass is 35.5. The Morgan fingerprint density at radius 2 is 2.10 bits per heavy atom. The zero-order valence-electron chi connectivity index (χ0n) is 11.7. The van der Waals surface area contributed by atoms with E-state index in [-0.39, 0.29) is 18.2 Å². The Morgan fingerprint density at radius 1 is 1.45 bits per heavy atom. The molecule has 0 radical (unpaired) electrons. The highest BCUT2D eigenvalue weighted by Gasteiger charge is 2.33. The Kier molecular flexibility index (Phi) is 5.82. The van der Waals surface area contributed by atoms with Crippen molar-refractivity contribution in [3.63, 3.8) is 0 Å². The molecule has 1 aromatic carbocycles. The third-order valence-corrected chi connectivity index (χ3v) is 3.67. The highest BCUT2D eigenvalue weighted by Crippen LogP contribution is 2.17. The molecule has 4 N–H and O–H groups in total. The van der Waals surface area contributed by atoms with E-state index in [1.807, 2.05) is 19.9 Å². The maximum atomic E-state index is 12.1. The quantitative estimate of drug-likeness (QED) is 0.326. The Hall–Kier alpha value is -1.75. The molecule has 0 bridgehead atoms. The van der Waals surface area contributed by atoms with Crippen LogP contribution in [0.4, 0.5) is 0 Å². The maximum absolute atomic E-state index is 12.1. The van der Waals surface area contributed by atoms with Gasteiger partial charge in [-0.3, -0.25) is 4.79 Å². The monoisotopic (exact) mass is 297 g/mol. The fourth-order valence-electron chi connectivity index (χ4n) is 2.09. The predicted molar refractivity (Wildman–Crippen MR) is 80.0 cm³/mol. The molecule has 5 nitrogen and oxygen atoms in total. The van der Waals surface area contributed by atoms with Crippen LogP contribution in [0.2, 0.25) is 5.02 Å². The van der Waals surface area contributed by atoms with Gasteiger partial charge in [-0.25, -0.2) is 0 Å². The molecule has 1 amide bonds. The van der Waals surface area contributed by atoms with Crippen LogP contribution in [0.1, 0.15) is 32.3 Å². The van der Waals surface area contributed by atoms with E-state index < -0.39 is 5.54 Å². The van der Waals surface area contributed by atoms with Crippen LogP contribution in [-0.2, 0) is 11.2 Å². The van der Waals surface area contributed by atoms with Crippen molar-refractivity contribution in [3.8, 4) is 0 Å². The van der Waals surface area contributed by atoms with Gasteiger partial charge in [-0.05, 0) is 30.5 Å². The van der Waals surface area contributed by atoms with Crippen molar-refractivity contribution in [1.29, 1.82) is 0 Å². The van der Waals surface area contributed by atoms with Gasteiger partial charge in [-0.15, -0.1) is 0 Å². The van der Waals surface area contributed by atoms with Gasteiger partial charge in [0.15, 0.2) is 5.84 Å². The van der Waals surface area contributed by atoms with Gasteiger partial charge < -0.3 is 16.3 Å². The van der Waals surface area contributed by atoms with Crippen LogP contribution in [0, 0.1) is 0 Å². The number of amides is 1. The smallest absolute Gasteiger partial charge is 0.225 e. The molecule has 0 atom stereocenters. The second-order valence-electron chi connectivity index (χ2n) is 4.63. The number of oxime groups is 1. The second-order valence-corrected chi connectivity index (χ2v) is 5.07.